The summed E-state index contributed by atoms with van der Waals surface area (Å²) in [5, 5.41) is 11.5. The van der Waals surface area contributed by atoms with Gasteiger partial charge in [-0.2, -0.15) is 10.2 Å². The van der Waals surface area contributed by atoms with Gasteiger partial charge in [0.15, 0.2) is 0 Å². The molecular formula is C17H17Br2N5O. The number of rotatable bonds is 6. The van der Waals surface area contributed by atoms with Crippen molar-refractivity contribution < 1.29 is 4.79 Å². The second kappa shape index (κ2) is 7.97. The van der Waals surface area contributed by atoms with Crippen LogP contribution in [0.4, 0.5) is 5.69 Å². The first-order chi connectivity index (χ1) is 12.0. The molecule has 0 saturated heterocycles. The van der Waals surface area contributed by atoms with Gasteiger partial charge in [0.1, 0.15) is 0 Å². The molecule has 25 heavy (non-hydrogen) atoms. The summed E-state index contributed by atoms with van der Waals surface area (Å²) in [5.74, 6) is -0.0386. The maximum absolute atomic E-state index is 12.2. The molecule has 0 aliphatic carbocycles. The molecule has 0 aliphatic heterocycles. The Labute approximate surface area is 162 Å². The predicted octanol–water partition coefficient (Wildman–Crippen LogP) is 3.99. The van der Waals surface area contributed by atoms with E-state index < -0.39 is 0 Å². The number of aryl methyl sites for hydroxylation is 2. The number of anilines is 1. The molecule has 0 fully saturated rings. The molecule has 1 aromatic carbocycles. The standard InChI is InChI=1S/C17H17Br2N5O/c1-12-16(19)11-23(22-12)6-5-17(25)21-15-4-2-3-13(7-15)9-24-10-14(18)8-20-24/h2-4,7-8,10-11H,5-6,9H2,1H3,(H,21,25). The Hall–Kier alpha value is -1.93. The van der Waals surface area contributed by atoms with Gasteiger partial charge in [-0.1, -0.05) is 12.1 Å². The van der Waals surface area contributed by atoms with Crippen molar-refractivity contribution in [3.05, 3.63) is 63.1 Å². The number of aromatic nitrogens is 4. The van der Waals surface area contributed by atoms with Crippen molar-refractivity contribution in [2.24, 2.45) is 0 Å². The smallest absolute Gasteiger partial charge is 0.226 e. The lowest BCUT2D eigenvalue weighted by atomic mass is 10.2. The van der Waals surface area contributed by atoms with E-state index in [1.165, 1.54) is 0 Å². The SMILES string of the molecule is Cc1nn(CCC(=O)Nc2cccc(Cn3cc(Br)cn3)c2)cc1Br. The van der Waals surface area contributed by atoms with E-state index >= 15 is 0 Å². The first kappa shape index (κ1) is 17.9. The summed E-state index contributed by atoms with van der Waals surface area (Å²) >= 11 is 6.80. The Kier molecular flexibility index (Phi) is 5.70. The molecular weight excluding hydrogens is 450 g/mol. The van der Waals surface area contributed by atoms with Gasteiger partial charge in [-0.05, 0) is 56.5 Å². The zero-order chi connectivity index (χ0) is 17.8. The van der Waals surface area contributed by atoms with E-state index in [9.17, 15) is 4.79 Å². The van der Waals surface area contributed by atoms with E-state index in [-0.39, 0.29) is 5.91 Å². The Morgan fingerprint density at radius 3 is 2.76 bits per heavy atom. The van der Waals surface area contributed by atoms with Gasteiger partial charge >= 0.3 is 0 Å². The largest absolute Gasteiger partial charge is 0.326 e. The number of nitrogens with one attached hydrogen (secondary N) is 1. The number of nitrogens with zero attached hydrogens (tertiary/aromatic N) is 4. The molecule has 8 heteroatoms. The van der Waals surface area contributed by atoms with Gasteiger partial charge in [0.2, 0.25) is 5.91 Å². The van der Waals surface area contributed by atoms with Crippen molar-refractivity contribution in [2.75, 3.05) is 5.32 Å². The van der Waals surface area contributed by atoms with E-state index in [1.54, 1.807) is 10.9 Å². The first-order valence-electron chi connectivity index (χ1n) is 7.76. The van der Waals surface area contributed by atoms with Crippen LogP contribution in [0.1, 0.15) is 17.7 Å². The van der Waals surface area contributed by atoms with Crippen LogP contribution in [0.25, 0.3) is 0 Å². The Bertz CT molecular complexity index is 867. The van der Waals surface area contributed by atoms with Crippen LogP contribution in [-0.2, 0) is 17.9 Å². The summed E-state index contributed by atoms with van der Waals surface area (Å²) in [6.07, 6.45) is 5.91. The highest BCUT2D eigenvalue weighted by Crippen LogP contribution is 2.15. The zero-order valence-electron chi connectivity index (χ0n) is 13.6. The number of hydrogen-bond acceptors (Lipinski definition) is 3. The third-order valence-electron chi connectivity index (χ3n) is 3.61. The van der Waals surface area contributed by atoms with E-state index in [0.717, 1.165) is 25.9 Å². The fraction of sp³-hybridized carbons (Fsp3) is 0.235. The van der Waals surface area contributed by atoms with E-state index in [2.05, 4.69) is 47.4 Å². The lowest BCUT2D eigenvalue weighted by Gasteiger charge is -2.08. The molecule has 1 amide bonds. The average molecular weight is 467 g/mol. The molecule has 0 aliphatic rings. The topological polar surface area (TPSA) is 64.7 Å². The average Bonchev–Trinajstić information content (AvgIpc) is 3.11. The van der Waals surface area contributed by atoms with Gasteiger partial charge in [0.05, 0.1) is 27.4 Å². The predicted molar refractivity (Wildman–Crippen MR) is 103 cm³/mol. The molecule has 0 spiro atoms. The van der Waals surface area contributed by atoms with Crippen LogP contribution >= 0.6 is 31.9 Å². The van der Waals surface area contributed by atoms with Gasteiger partial charge in [0, 0.05) is 31.0 Å². The number of benzene rings is 1. The Morgan fingerprint density at radius 1 is 1.24 bits per heavy atom. The molecule has 0 saturated carbocycles. The van der Waals surface area contributed by atoms with Gasteiger partial charge in [-0.15, -0.1) is 0 Å². The Morgan fingerprint density at radius 2 is 2.08 bits per heavy atom. The van der Waals surface area contributed by atoms with Crippen molar-refractivity contribution in [3.8, 4) is 0 Å². The number of carbonyl (C=O) groups excluding carboxylic acids is 1. The third-order valence-corrected chi connectivity index (χ3v) is 4.80. The quantitative estimate of drug-likeness (QED) is 0.597. The molecule has 0 bridgehead atoms. The van der Waals surface area contributed by atoms with Crippen molar-refractivity contribution in [1.29, 1.82) is 0 Å². The van der Waals surface area contributed by atoms with Crippen LogP contribution in [-0.4, -0.2) is 25.5 Å². The summed E-state index contributed by atoms with van der Waals surface area (Å²) in [6.45, 7) is 3.11. The van der Waals surface area contributed by atoms with Crippen molar-refractivity contribution >= 4 is 43.5 Å². The maximum Gasteiger partial charge on any atom is 0.226 e. The summed E-state index contributed by atoms with van der Waals surface area (Å²) in [7, 11) is 0. The monoisotopic (exact) mass is 465 g/mol. The van der Waals surface area contributed by atoms with Crippen LogP contribution in [0.15, 0.2) is 51.8 Å². The minimum Gasteiger partial charge on any atom is -0.326 e. The van der Waals surface area contributed by atoms with E-state index in [0.29, 0.717) is 19.5 Å². The second-order valence-electron chi connectivity index (χ2n) is 5.68. The van der Waals surface area contributed by atoms with Gasteiger partial charge in [-0.25, -0.2) is 0 Å². The summed E-state index contributed by atoms with van der Waals surface area (Å²) in [5.41, 5.74) is 2.77. The normalized spacial score (nSPS) is 10.8. The molecule has 0 radical (unpaired) electrons. The molecule has 6 nitrogen and oxygen atoms in total. The Balaban J connectivity index is 1.56. The van der Waals surface area contributed by atoms with Crippen LogP contribution in [0.2, 0.25) is 0 Å². The fourth-order valence-electron chi connectivity index (χ4n) is 2.41. The summed E-state index contributed by atoms with van der Waals surface area (Å²) in [4.78, 5) is 12.2. The maximum atomic E-state index is 12.2. The van der Waals surface area contributed by atoms with Crippen LogP contribution in [0.3, 0.4) is 0 Å². The van der Waals surface area contributed by atoms with Crippen LogP contribution in [0, 0.1) is 6.92 Å². The van der Waals surface area contributed by atoms with Crippen molar-refractivity contribution in [1.82, 2.24) is 19.6 Å². The molecule has 1 N–H and O–H groups in total. The number of carbonyl (C=O) groups is 1. The van der Waals surface area contributed by atoms with Crippen LogP contribution < -0.4 is 5.32 Å². The number of halogens is 2. The lowest BCUT2D eigenvalue weighted by molar-refractivity contribution is -0.116. The van der Waals surface area contributed by atoms with Gasteiger partial charge in [0.25, 0.3) is 0 Å². The minimum atomic E-state index is -0.0386. The first-order valence-corrected chi connectivity index (χ1v) is 9.34. The molecule has 130 valence electrons. The van der Waals surface area contributed by atoms with Gasteiger partial charge in [-0.3, -0.25) is 14.2 Å². The molecule has 2 aromatic heterocycles. The number of hydrogen-bond donors (Lipinski definition) is 1. The minimum absolute atomic E-state index is 0.0386. The summed E-state index contributed by atoms with van der Waals surface area (Å²) in [6, 6.07) is 7.78. The second-order valence-corrected chi connectivity index (χ2v) is 7.45. The highest BCUT2D eigenvalue weighted by molar-refractivity contribution is 9.10. The zero-order valence-corrected chi connectivity index (χ0v) is 16.8. The lowest BCUT2D eigenvalue weighted by Crippen LogP contribution is -2.15. The highest BCUT2D eigenvalue weighted by atomic mass is 79.9. The molecule has 0 atom stereocenters. The molecule has 3 aromatic rings. The van der Waals surface area contributed by atoms with Crippen molar-refractivity contribution in [3.63, 3.8) is 0 Å². The molecule has 0 unspecified atom stereocenters. The molecule has 3 rings (SSSR count). The third kappa shape index (κ3) is 5.02. The summed E-state index contributed by atoms with van der Waals surface area (Å²) < 4.78 is 5.50. The van der Waals surface area contributed by atoms with E-state index in [4.69, 9.17) is 0 Å². The van der Waals surface area contributed by atoms with E-state index in [1.807, 2.05) is 48.3 Å². The molecule has 2 heterocycles. The van der Waals surface area contributed by atoms with Crippen molar-refractivity contribution in [2.45, 2.75) is 26.4 Å². The number of amides is 1. The highest BCUT2D eigenvalue weighted by Gasteiger charge is 2.07. The van der Waals surface area contributed by atoms with Crippen LogP contribution in [0.5, 0.6) is 0 Å². The van der Waals surface area contributed by atoms with Gasteiger partial charge < -0.3 is 5.32 Å². The fourth-order valence-corrected chi connectivity index (χ4v) is 3.05.